The highest BCUT2D eigenvalue weighted by Crippen LogP contribution is 2.23. The van der Waals surface area contributed by atoms with E-state index in [-0.39, 0.29) is 11.5 Å². The Morgan fingerprint density at radius 3 is 2.64 bits per heavy atom. The van der Waals surface area contributed by atoms with Crippen LogP contribution < -0.4 is 5.56 Å². The number of carbonyl (C=O) groups excluding carboxylic acids is 1. The predicted molar refractivity (Wildman–Crippen MR) is 88.2 cm³/mol. The van der Waals surface area contributed by atoms with Crippen molar-refractivity contribution in [2.24, 2.45) is 5.92 Å². The molecule has 0 amide bonds. The van der Waals surface area contributed by atoms with Crippen LogP contribution in [0.15, 0.2) is 34.2 Å². The molecule has 1 aromatic carbocycles. The maximum Gasteiger partial charge on any atom is 0.318 e. The lowest BCUT2D eigenvalue weighted by Crippen LogP contribution is -2.27. The first kappa shape index (κ1) is 16.5. The Kier molecular flexibility index (Phi) is 5.24. The van der Waals surface area contributed by atoms with E-state index in [0.29, 0.717) is 28.5 Å². The van der Waals surface area contributed by atoms with Gasteiger partial charge in [0, 0.05) is 6.54 Å². The molecule has 1 aromatic heterocycles. The maximum absolute atomic E-state index is 12.7. The molecule has 0 unspecified atom stereocenters. The van der Waals surface area contributed by atoms with Gasteiger partial charge in [-0.15, -0.1) is 0 Å². The second-order valence-electron chi connectivity index (χ2n) is 5.50. The van der Waals surface area contributed by atoms with Gasteiger partial charge in [-0.25, -0.2) is 4.98 Å². The van der Waals surface area contributed by atoms with E-state index in [2.05, 4.69) is 4.98 Å². The number of hydrogen-bond acceptors (Lipinski definition) is 5. The topological polar surface area (TPSA) is 61.2 Å². The monoisotopic (exact) mass is 320 g/mol. The first-order chi connectivity index (χ1) is 10.4. The van der Waals surface area contributed by atoms with Crippen LogP contribution in [0.4, 0.5) is 0 Å². The van der Waals surface area contributed by atoms with Gasteiger partial charge in [0.15, 0.2) is 5.16 Å². The van der Waals surface area contributed by atoms with E-state index in [9.17, 15) is 9.59 Å². The summed E-state index contributed by atoms with van der Waals surface area (Å²) in [4.78, 5) is 28.9. The molecule has 2 rings (SSSR count). The SMILES string of the molecule is COC(=O)[C@H](C)Sc1nc2ccccc2c(=O)n1CC(C)C. The van der Waals surface area contributed by atoms with E-state index in [4.69, 9.17) is 4.74 Å². The Balaban J connectivity index is 2.54. The van der Waals surface area contributed by atoms with E-state index < -0.39 is 5.25 Å². The number of methoxy groups -OCH3 is 1. The van der Waals surface area contributed by atoms with Crippen molar-refractivity contribution in [1.29, 1.82) is 0 Å². The van der Waals surface area contributed by atoms with Crippen molar-refractivity contribution in [3.63, 3.8) is 0 Å². The minimum Gasteiger partial charge on any atom is -0.468 e. The summed E-state index contributed by atoms with van der Waals surface area (Å²) < 4.78 is 6.40. The zero-order chi connectivity index (χ0) is 16.3. The highest BCUT2D eigenvalue weighted by Gasteiger charge is 2.20. The van der Waals surface area contributed by atoms with Crippen molar-refractivity contribution in [2.75, 3.05) is 7.11 Å². The van der Waals surface area contributed by atoms with Gasteiger partial charge in [-0.2, -0.15) is 0 Å². The molecular weight excluding hydrogens is 300 g/mol. The lowest BCUT2D eigenvalue weighted by atomic mass is 10.2. The van der Waals surface area contributed by atoms with Crippen molar-refractivity contribution in [3.05, 3.63) is 34.6 Å². The molecule has 22 heavy (non-hydrogen) atoms. The quantitative estimate of drug-likeness (QED) is 0.481. The Labute approximate surface area is 133 Å². The molecule has 0 saturated carbocycles. The van der Waals surface area contributed by atoms with Gasteiger partial charge in [-0.1, -0.05) is 37.7 Å². The fourth-order valence-corrected chi connectivity index (χ4v) is 3.08. The first-order valence-electron chi connectivity index (χ1n) is 7.18. The van der Waals surface area contributed by atoms with Crippen LogP contribution in [-0.4, -0.2) is 27.9 Å². The Morgan fingerprint density at radius 2 is 2.00 bits per heavy atom. The summed E-state index contributed by atoms with van der Waals surface area (Å²) in [5.74, 6) is -0.0306. The van der Waals surface area contributed by atoms with Gasteiger partial charge in [0.1, 0.15) is 5.25 Å². The van der Waals surface area contributed by atoms with E-state index in [1.54, 1.807) is 17.6 Å². The zero-order valence-electron chi connectivity index (χ0n) is 13.2. The molecule has 0 aliphatic rings. The van der Waals surface area contributed by atoms with E-state index in [1.165, 1.54) is 18.9 Å². The molecular formula is C16H20N2O3S. The molecule has 5 nitrogen and oxygen atoms in total. The van der Waals surface area contributed by atoms with Gasteiger partial charge in [0.25, 0.3) is 5.56 Å². The van der Waals surface area contributed by atoms with Crippen LogP contribution in [0.1, 0.15) is 20.8 Å². The molecule has 0 aliphatic heterocycles. The highest BCUT2D eigenvalue weighted by atomic mass is 32.2. The predicted octanol–water partition coefficient (Wildman–Crippen LogP) is 2.71. The molecule has 1 heterocycles. The summed E-state index contributed by atoms with van der Waals surface area (Å²) in [7, 11) is 1.36. The third-order valence-corrected chi connectivity index (χ3v) is 4.26. The van der Waals surface area contributed by atoms with Crippen molar-refractivity contribution >= 4 is 28.6 Å². The fourth-order valence-electron chi connectivity index (χ4n) is 2.14. The molecule has 0 saturated heterocycles. The summed E-state index contributed by atoms with van der Waals surface area (Å²) >= 11 is 1.25. The van der Waals surface area contributed by atoms with Gasteiger partial charge in [-0.05, 0) is 25.0 Å². The fraction of sp³-hybridized carbons (Fsp3) is 0.438. The van der Waals surface area contributed by atoms with Gasteiger partial charge in [-0.3, -0.25) is 14.2 Å². The number of ether oxygens (including phenoxy) is 1. The number of carbonyl (C=O) groups is 1. The molecule has 6 heteroatoms. The molecule has 0 spiro atoms. The summed E-state index contributed by atoms with van der Waals surface area (Å²) in [6.45, 7) is 6.39. The van der Waals surface area contributed by atoms with Crippen molar-refractivity contribution in [2.45, 2.75) is 37.7 Å². The van der Waals surface area contributed by atoms with Crippen molar-refractivity contribution in [1.82, 2.24) is 9.55 Å². The number of para-hydroxylation sites is 1. The summed E-state index contributed by atoms with van der Waals surface area (Å²) in [6.07, 6.45) is 0. The van der Waals surface area contributed by atoms with E-state index >= 15 is 0 Å². The van der Waals surface area contributed by atoms with Crippen LogP contribution in [0.25, 0.3) is 10.9 Å². The molecule has 0 N–H and O–H groups in total. The number of aromatic nitrogens is 2. The Morgan fingerprint density at radius 1 is 1.32 bits per heavy atom. The zero-order valence-corrected chi connectivity index (χ0v) is 14.0. The van der Waals surface area contributed by atoms with Crippen LogP contribution in [-0.2, 0) is 16.1 Å². The molecule has 1 atom stereocenters. The number of benzene rings is 1. The first-order valence-corrected chi connectivity index (χ1v) is 8.06. The molecule has 0 aliphatic carbocycles. The van der Waals surface area contributed by atoms with Gasteiger partial charge >= 0.3 is 5.97 Å². The number of rotatable bonds is 5. The number of thioether (sulfide) groups is 1. The summed E-state index contributed by atoms with van der Waals surface area (Å²) in [6, 6.07) is 7.26. The number of esters is 1. The van der Waals surface area contributed by atoms with Gasteiger partial charge < -0.3 is 4.74 Å². The maximum atomic E-state index is 12.7. The molecule has 0 radical (unpaired) electrons. The largest absolute Gasteiger partial charge is 0.468 e. The van der Waals surface area contributed by atoms with Crippen LogP contribution in [0.5, 0.6) is 0 Å². The molecule has 0 bridgehead atoms. The highest BCUT2D eigenvalue weighted by molar-refractivity contribution is 8.00. The normalized spacial score (nSPS) is 12.6. The minimum absolute atomic E-state index is 0.0705. The van der Waals surface area contributed by atoms with E-state index in [1.807, 2.05) is 32.0 Å². The number of nitrogens with zero attached hydrogens (tertiary/aromatic N) is 2. The van der Waals surface area contributed by atoms with Crippen molar-refractivity contribution < 1.29 is 9.53 Å². The number of fused-ring (bicyclic) bond motifs is 1. The third-order valence-electron chi connectivity index (χ3n) is 3.19. The average molecular weight is 320 g/mol. The summed E-state index contributed by atoms with van der Waals surface area (Å²) in [5.41, 5.74) is 0.575. The summed E-state index contributed by atoms with van der Waals surface area (Å²) in [5, 5.41) is 0.727. The van der Waals surface area contributed by atoms with Gasteiger partial charge in [0.05, 0.1) is 18.0 Å². The van der Waals surface area contributed by atoms with Gasteiger partial charge in [0.2, 0.25) is 0 Å². The smallest absolute Gasteiger partial charge is 0.318 e. The molecule has 0 fully saturated rings. The Bertz CT molecular complexity index is 740. The van der Waals surface area contributed by atoms with E-state index in [0.717, 1.165) is 0 Å². The lowest BCUT2D eigenvalue weighted by Gasteiger charge is -2.16. The van der Waals surface area contributed by atoms with Crippen LogP contribution in [0.2, 0.25) is 0 Å². The van der Waals surface area contributed by atoms with Crippen molar-refractivity contribution in [3.8, 4) is 0 Å². The Hall–Kier alpha value is -1.82. The second-order valence-corrected chi connectivity index (χ2v) is 6.81. The lowest BCUT2D eigenvalue weighted by molar-refractivity contribution is -0.139. The minimum atomic E-state index is -0.420. The average Bonchev–Trinajstić information content (AvgIpc) is 2.50. The number of hydrogen-bond donors (Lipinski definition) is 0. The standard InChI is InChI=1S/C16H20N2O3S/c1-10(2)9-18-14(19)12-7-5-6-8-13(12)17-16(18)22-11(3)15(20)21-4/h5-8,10-11H,9H2,1-4H3/t11-/m0/s1. The third kappa shape index (κ3) is 3.50. The molecule has 118 valence electrons. The molecule has 2 aromatic rings. The second kappa shape index (κ2) is 6.96. The van der Waals surface area contributed by atoms with Crippen LogP contribution >= 0.6 is 11.8 Å². The van der Waals surface area contributed by atoms with Crippen LogP contribution in [0, 0.1) is 5.92 Å². The van der Waals surface area contributed by atoms with Crippen LogP contribution in [0.3, 0.4) is 0 Å².